The Hall–Kier alpha value is -1.46. The van der Waals surface area contributed by atoms with Crippen LogP contribution in [0.15, 0.2) is 24.3 Å². The van der Waals surface area contributed by atoms with Crippen LogP contribution in [0, 0.1) is 5.41 Å². The third-order valence-corrected chi connectivity index (χ3v) is 1.26. The van der Waals surface area contributed by atoms with Gasteiger partial charge in [0.2, 0.25) is 0 Å². The van der Waals surface area contributed by atoms with Gasteiger partial charge in [-0.15, -0.1) is 0 Å². The molecule has 0 bridgehead atoms. The Morgan fingerprint density at radius 2 is 1.56 bits per heavy atom. The number of nitrogens with two attached hydrogens (primary N) is 2. The van der Waals surface area contributed by atoms with Crippen LogP contribution in [0.2, 0.25) is 10.0 Å². The maximum absolute atomic E-state index is 9.00. The number of carboxylic acid groups (broad SMARTS) is 1. The molecule has 0 spiro atoms. The number of carboxylic acids is 1. The fraction of sp³-hybridized carbons (Fsp3) is 0.111. The lowest BCUT2D eigenvalue weighted by atomic mass is 10.4. The van der Waals surface area contributed by atoms with Crippen LogP contribution in [0.25, 0.3) is 0 Å². The second-order valence-corrected chi connectivity index (χ2v) is 3.29. The highest BCUT2D eigenvalue weighted by Gasteiger charge is 1.85. The molecule has 5 nitrogen and oxygen atoms in total. The van der Waals surface area contributed by atoms with Gasteiger partial charge >= 0.3 is 0 Å². The molecule has 0 unspecified atom stereocenters. The molecular formula is C9H13Cl2N3O2. The van der Waals surface area contributed by atoms with Crippen molar-refractivity contribution in [3.63, 3.8) is 0 Å². The number of benzene rings is 1. The minimum Gasteiger partial charge on any atom is -0.481 e. The summed E-state index contributed by atoms with van der Waals surface area (Å²) >= 11 is 11.1. The molecule has 1 aromatic carbocycles. The Kier molecular flexibility index (Phi) is 10.7. The molecule has 16 heavy (non-hydrogen) atoms. The van der Waals surface area contributed by atoms with Gasteiger partial charge in [0.05, 0.1) is 0 Å². The summed E-state index contributed by atoms with van der Waals surface area (Å²) in [5.74, 6) is -1.17. The summed E-state index contributed by atoms with van der Waals surface area (Å²) in [5.41, 5.74) is 8.94. The number of hydrogen-bond donors (Lipinski definition) is 4. The lowest BCUT2D eigenvalue weighted by Crippen LogP contribution is -2.20. The quantitative estimate of drug-likeness (QED) is 0.424. The van der Waals surface area contributed by atoms with Crippen molar-refractivity contribution < 1.29 is 9.90 Å². The maximum atomic E-state index is 9.00. The smallest absolute Gasteiger partial charge is 0.300 e. The van der Waals surface area contributed by atoms with E-state index in [4.69, 9.17) is 38.5 Å². The number of aliphatic carboxylic acids is 1. The van der Waals surface area contributed by atoms with E-state index in [0.717, 1.165) is 6.92 Å². The molecule has 0 radical (unpaired) electrons. The van der Waals surface area contributed by atoms with Gasteiger partial charge in [-0.1, -0.05) is 29.3 Å². The monoisotopic (exact) mass is 265 g/mol. The van der Waals surface area contributed by atoms with Crippen molar-refractivity contribution in [3.8, 4) is 0 Å². The van der Waals surface area contributed by atoms with Crippen LogP contribution in [-0.2, 0) is 4.79 Å². The number of halogens is 2. The minimum absolute atomic E-state index is 0.333. The third-order valence-electron chi connectivity index (χ3n) is 0.787. The molecule has 0 atom stereocenters. The zero-order valence-corrected chi connectivity index (χ0v) is 10.1. The van der Waals surface area contributed by atoms with Gasteiger partial charge in [-0.05, 0) is 18.2 Å². The third kappa shape index (κ3) is 22.9. The van der Waals surface area contributed by atoms with Gasteiger partial charge < -0.3 is 16.6 Å². The molecule has 0 heterocycles. The lowest BCUT2D eigenvalue weighted by Gasteiger charge is -1.86. The van der Waals surface area contributed by atoms with Crippen molar-refractivity contribution in [2.24, 2.45) is 11.5 Å². The highest BCUT2D eigenvalue weighted by molar-refractivity contribution is 6.34. The first kappa shape index (κ1) is 17.0. The molecule has 0 amide bonds. The number of hydrogen-bond acceptors (Lipinski definition) is 2. The molecule has 0 aromatic heterocycles. The van der Waals surface area contributed by atoms with E-state index < -0.39 is 5.97 Å². The second-order valence-electron chi connectivity index (χ2n) is 2.41. The molecule has 1 aromatic rings. The fourth-order valence-electron chi connectivity index (χ4n) is 0.460. The number of guanidine groups is 1. The molecule has 1 rings (SSSR count). The summed E-state index contributed by atoms with van der Waals surface area (Å²) < 4.78 is 0. The number of carbonyl (C=O) groups is 1. The van der Waals surface area contributed by atoms with E-state index in [1.165, 1.54) is 0 Å². The minimum atomic E-state index is -0.833. The molecule has 0 saturated heterocycles. The lowest BCUT2D eigenvalue weighted by molar-refractivity contribution is -0.134. The van der Waals surface area contributed by atoms with Gasteiger partial charge in [0, 0.05) is 17.0 Å². The molecule has 0 aliphatic carbocycles. The van der Waals surface area contributed by atoms with E-state index in [2.05, 4.69) is 11.5 Å². The van der Waals surface area contributed by atoms with E-state index in [1.807, 2.05) is 6.07 Å². The molecule has 0 aliphatic rings. The summed E-state index contributed by atoms with van der Waals surface area (Å²) in [5, 5.41) is 14.8. The predicted molar refractivity (Wildman–Crippen MR) is 65.9 cm³/mol. The summed E-state index contributed by atoms with van der Waals surface area (Å²) in [4.78, 5) is 9.00. The first-order valence-corrected chi connectivity index (χ1v) is 4.71. The molecule has 0 aliphatic heterocycles. The van der Waals surface area contributed by atoms with Crippen LogP contribution >= 0.6 is 23.2 Å². The van der Waals surface area contributed by atoms with Crippen LogP contribution in [0.3, 0.4) is 0 Å². The SMILES string of the molecule is CC(=O)O.Clc1cccc(Cl)c1.N=C(N)N. The molecular weight excluding hydrogens is 253 g/mol. The van der Waals surface area contributed by atoms with E-state index >= 15 is 0 Å². The number of rotatable bonds is 0. The summed E-state index contributed by atoms with van der Waals surface area (Å²) in [7, 11) is 0. The van der Waals surface area contributed by atoms with Crippen molar-refractivity contribution in [3.05, 3.63) is 34.3 Å². The maximum Gasteiger partial charge on any atom is 0.300 e. The largest absolute Gasteiger partial charge is 0.481 e. The molecule has 6 N–H and O–H groups in total. The van der Waals surface area contributed by atoms with Crippen molar-refractivity contribution in [2.45, 2.75) is 6.92 Å². The Labute approximate surface area is 103 Å². The van der Waals surface area contributed by atoms with Gasteiger partial charge in [0.1, 0.15) is 0 Å². The Morgan fingerprint density at radius 1 is 1.31 bits per heavy atom. The predicted octanol–water partition coefficient (Wildman–Crippen LogP) is 1.92. The van der Waals surface area contributed by atoms with E-state index in [9.17, 15) is 0 Å². The highest BCUT2D eigenvalue weighted by Crippen LogP contribution is 2.13. The van der Waals surface area contributed by atoms with Crippen molar-refractivity contribution in [1.29, 1.82) is 5.41 Å². The van der Waals surface area contributed by atoms with Crippen molar-refractivity contribution >= 4 is 35.1 Å². The molecule has 0 fully saturated rings. The average Bonchev–Trinajstić information content (AvgIpc) is 2.00. The summed E-state index contributed by atoms with van der Waals surface area (Å²) in [6.07, 6.45) is 0. The van der Waals surface area contributed by atoms with Crippen LogP contribution in [0.5, 0.6) is 0 Å². The van der Waals surface area contributed by atoms with Gasteiger partial charge in [-0.3, -0.25) is 10.2 Å². The first-order chi connectivity index (χ1) is 7.25. The van der Waals surface area contributed by atoms with E-state index in [-0.39, 0.29) is 5.96 Å². The van der Waals surface area contributed by atoms with Gasteiger partial charge in [0.15, 0.2) is 5.96 Å². The van der Waals surface area contributed by atoms with Crippen molar-refractivity contribution in [2.75, 3.05) is 0 Å². The fourth-order valence-corrected chi connectivity index (χ4v) is 0.896. The first-order valence-electron chi connectivity index (χ1n) is 3.95. The molecule has 90 valence electrons. The normalized spacial score (nSPS) is 7.69. The van der Waals surface area contributed by atoms with Gasteiger partial charge in [-0.25, -0.2) is 0 Å². The number of nitrogens with one attached hydrogen (secondary N) is 1. The molecule has 0 saturated carbocycles. The van der Waals surface area contributed by atoms with Gasteiger partial charge in [-0.2, -0.15) is 0 Å². The zero-order valence-electron chi connectivity index (χ0n) is 8.58. The zero-order chi connectivity index (χ0) is 13.1. The Balaban J connectivity index is 0. The summed E-state index contributed by atoms with van der Waals surface area (Å²) in [6, 6.07) is 7.08. The van der Waals surface area contributed by atoms with E-state index in [1.54, 1.807) is 18.2 Å². The van der Waals surface area contributed by atoms with Gasteiger partial charge in [0.25, 0.3) is 5.97 Å². The molecule has 7 heteroatoms. The summed E-state index contributed by atoms with van der Waals surface area (Å²) in [6.45, 7) is 1.08. The highest BCUT2D eigenvalue weighted by atomic mass is 35.5. The second kappa shape index (κ2) is 10.1. The van der Waals surface area contributed by atoms with E-state index in [0.29, 0.717) is 10.0 Å². The van der Waals surface area contributed by atoms with Crippen LogP contribution < -0.4 is 11.5 Å². The van der Waals surface area contributed by atoms with Crippen molar-refractivity contribution in [1.82, 2.24) is 0 Å². The standard InChI is InChI=1S/C6H4Cl2.C2H4O2.CH5N3/c7-5-2-1-3-6(8)4-5;1-2(3)4;2-1(3)4/h1-4H;1H3,(H,3,4);(H5,2,3,4). The Morgan fingerprint density at radius 3 is 1.69 bits per heavy atom. The van der Waals surface area contributed by atoms with Crippen LogP contribution in [-0.4, -0.2) is 17.0 Å². The Bertz CT molecular complexity index is 308. The average molecular weight is 266 g/mol. The van der Waals surface area contributed by atoms with Crippen LogP contribution in [0.4, 0.5) is 0 Å². The van der Waals surface area contributed by atoms with Crippen LogP contribution in [0.1, 0.15) is 6.92 Å². The topological polar surface area (TPSA) is 113 Å².